The highest BCUT2D eigenvalue weighted by Crippen LogP contribution is 2.14. The number of rotatable bonds is 4. The predicted octanol–water partition coefficient (Wildman–Crippen LogP) is 1.15. The zero-order chi connectivity index (χ0) is 16.7. The Kier molecular flexibility index (Phi) is 5.72. The van der Waals surface area contributed by atoms with Crippen LogP contribution in [0, 0.1) is 11.3 Å². The second kappa shape index (κ2) is 7.96. The molecule has 1 aliphatic rings. The van der Waals surface area contributed by atoms with Crippen molar-refractivity contribution in [1.82, 2.24) is 4.90 Å². The second-order valence-corrected chi connectivity index (χ2v) is 4.79. The maximum absolute atomic E-state index is 12.4. The van der Waals surface area contributed by atoms with Crippen LogP contribution in [-0.4, -0.2) is 50.2 Å². The van der Waals surface area contributed by atoms with Gasteiger partial charge in [0.2, 0.25) is 0 Å². The number of nitrogens with one attached hydrogen (secondary N) is 1. The third-order valence-corrected chi connectivity index (χ3v) is 3.32. The van der Waals surface area contributed by atoms with Crippen LogP contribution in [0.5, 0.6) is 0 Å². The number of methoxy groups -OCH3 is 1. The number of hydrogen-bond donors (Lipinski definition) is 1. The first kappa shape index (κ1) is 16.5. The van der Waals surface area contributed by atoms with Crippen LogP contribution in [0.15, 0.2) is 36.0 Å². The Morgan fingerprint density at radius 1 is 1.39 bits per heavy atom. The summed E-state index contributed by atoms with van der Waals surface area (Å²) in [4.78, 5) is 25.5. The average Bonchev–Trinajstić information content (AvgIpc) is 2.62. The van der Waals surface area contributed by atoms with Gasteiger partial charge >= 0.3 is 5.97 Å². The molecule has 7 heteroatoms. The maximum atomic E-state index is 12.4. The summed E-state index contributed by atoms with van der Waals surface area (Å²) in [6.07, 6.45) is 1.25. The number of morpholine rings is 1. The molecular weight excluding hydrogens is 298 g/mol. The summed E-state index contributed by atoms with van der Waals surface area (Å²) in [5, 5.41) is 11.7. The highest BCUT2D eigenvalue weighted by Gasteiger charge is 2.18. The zero-order valence-corrected chi connectivity index (χ0v) is 12.7. The van der Waals surface area contributed by atoms with Gasteiger partial charge in [0.1, 0.15) is 6.07 Å². The molecule has 0 radical (unpaired) electrons. The van der Waals surface area contributed by atoms with E-state index in [0.717, 1.165) is 0 Å². The SMILES string of the molecule is COC(=O)/C(C#N)=C/Nc1cccc(C(=O)N2CCOCC2)c1. The van der Waals surface area contributed by atoms with Gasteiger partial charge in [0.05, 0.1) is 20.3 Å². The molecule has 0 unspecified atom stereocenters. The van der Waals surface area contributed by atoms with E-state index in [1.54, 1.807) is 35.2 Å². The van der Waals surface area contributed by atoms with Crippen molar-refractivity contribution < 1.29 is 19.1 Å². The number of esters is 1. The smallest absolute Gasteiger partial charge is 0.350 e. The molecule has 0 spiro atoms. The third-order valence-electron chi connectivity index (χ3n) is 3.32. The average molecular weight is 315 g/mol. The molecule has 1 saturated heterocycles. The van der Waals surface area contributed by atoms with Crippen LogP contribution < -0.4 is 5.32 Å². The van der Waals surface area contributed by atoms with Crippen molar-refractivity contribution in [3.8, 4) is 6.07 Å². The van der Waals surface area contributed by atoms with Gasteiger partial charge in [-0.15, -0.1) is 0 Å². The molecule has 0 bridgehead atoms. The lowest BCUT2D eigenvalue weighted by Crippen LogP contribution is -2.40. The Morgan fingerprint density at radius 3 is 2.78 bits per heavy atom. The summed E-state index contributed by atoms with van der Waals surface area (Å²) in [6, 6.07) is 8.60. The van der Waals surface area contributed by atoms with Crippen LogP contribution in [0.4, 0.5) is 5.69 Å². The Bertz CT molecular complexity index is 658. The van der Waals surface area contributed by atoms with Crippen molar-refractivity contribution in [1.29, 1.82) is 5.26 Å². The van der Waals surface area contributed by atoms with Crippen LogP contribution in [-0.2, 0) is 14.3 Å². The summed E-state index contributed by atoms with van der Waals surface area (Å²) in [5.41, 5.74) is 0.972. The largest absolute Gasteiger partial charge is 0.465 e. The van der Waals surface area contributed by atoms with E-state index in [9.17, 15) is 9.59 Å². The first-order valence-corrected chi connectivity index (χ1v) is 7.08. The fraction of sp³-hybridized carbons (Fsp3) is 0.312. The highest BCUT2D eigenvalue weighted by molar-refractivity contribution is 5.95. The number of amides is 1. The zero-order valence-electron chi connectivity index (χ0n) is 12.7. The molecule has 1 aromatic rings. The third kappa shape index (κ3) is 4.31. The van der Waals surface area contributed by atoms with Gasteiger partial charge in [0.25, 0.3) is 5.91 Å². The number of carbonyl (C=O) groups excluding carboxylic acids is 2. The van der Waals surface area contributed by atoms with Gasteiger partial charge in [-0.2, -0.15) is 5.26 Å². The van der Waals surface area contributed by atoms with Gasteiger partial charge in [0.15, 0.2) is 5.57 Å². The first-order valence-electron chi connectivity index (χ1n) is 7.08. The Balaban J connectivity index is 2.10. The minimum absolute atomic E-state index is 0.0746. The minimum atomic E-state index is -0.722. The molecule has 0 aliphatic carbocycles. The van der Waals surface area contributed by atoms with Gasteiger partial charge < -0.3 is 19.7 Å². The number of carbonyl (C=O) groups is 2. The van der Waals surface area contributed by atoms with E-state index < -0.39 is 5.97 Å². The van der Waals surface area contributed by atoms with E-state index in [0.29, 0.717) is 37.6 Å². The van der Waals surface area contributed by atoms with Crippen molar-refractivity contribution in [3.63, 3.8) is 0 Å². The fourth-order valence-corrected chi connectivity index (χ4v) is 2.09. The Hall–Kier alpha value is -2.85. The Labute approximate surface area is 134 Å². The molecule has 1 amide bonds. The van der Waals surface area contributed by atoms with Crippen molar-refractivity contribution in [2.24, 2.45) is 0 Å². The number of hydrogen-bond acceptors (Lipinski definition) is 6. The minimum Gasteiger partial charge on any atom is -0.465 e. The molecule has 0 saturated carbocycles. The van der Waals surface area contributed by atoms with Crippen LogP contribution >= 0.6 is 0 Å². The van der Waals surface area contributed by atoms with E-state index >= 15 is 0 Å². The lowest BCUT2D eigenvalue weighted by molar-refractivity contribution is -0.135. The Morgan fingerprint density at radius 2 is 2.13 bits per heavy atom. The summed E-state index contributed by atoms with van der Waals surface area (Å²) in [5.74, 6) is -0.796. The molecule has 1 N–H and O–H groups in total. The van der Waals surface area contributed by atoms with E-state index in [2.05, 4.69) is 10.1 Å². The molecule has 1 aromatic carbocycles. The van der Waals surface area contributed by atoms with E-state index in [-0.39, 0.29) is 11.5 Å². The summed E-state index contributed by atoms with van der Waals surface area (Å²) in [7, 11) is 1.20. The van der Waals surface area contributed by atoms with Gasteiger partial charge in [-0.3, -0.25) is 4.79 Å². The second-order valence-electron chi connectivity index (χ2n) is 4.79. The van der Waals surface area contributed by atoms with Crippen LogP contribution in [0.25, 0.3) is 0 Å². The quantitative estimate of drug-likeness (QED) is 0.509. The van der Waals surface area contributed by atoms with Crippen LogP contribution in [0.2, 0.25) is 0 Å². The number of nitriles is 1. The summed E-state index contributed by atoms with van der Waals surface area (Å²) < 4.78 is 9.72. The molecule has 7 nitrogen and oxygen atoms in total. The molecule has 1 aliphatic heterocycles. The number of ether oxygens (including phenoxy) is 2. The molecule has 2 rings (SSSR count). The first-order chi connectivity index (χ1) is 11.2. The molecular formula is C16H17N3O4. The normalized spacial score (nSPS) is 14.8. The van der Waals surface area contributed by atoms with Gasteiger partial charge in [-0.05, 0) is 18.2 Å². The summed E-state index contributed by atoms with van der Waals surface area (Å²) >= 11 is 0. The van der Waals surface area contributed by atoms with E-state index in [4.69, 9.17) is 10.00 Å². The van der Waals surface area contributed by atoms with Crippen molar-refractivity contribution >= 4 is 17.6 Å². The fourth-order valence-electron chi connectivity index (χ4n) is 2.09. The molecule has 1 fully saturated rings. The van der Waals surface area contributed by atoms with Crippen molar-refractivity contribution in [2.75, 3.05) is 38.7 Å². The highest BCUT2D eigenvalue weighted by atomic mass is 16.5. The predicted molar refractivity (Wildman–Crippen MR) is 82.5 cm³/mol. The molecule has 1 heterocycles. The summed E-state index contributed by atoms with van der Waals surface area (Å²) in [6.45, 7) is 2.21. The van der Waals surface area contributed by atoms with Crippen LogP contribution in [0.1, 0.15) is 10.4 Å². The van der Waals surface area contributed by atoms with E-state index in [1.807, 2.05) is 0 Å². The van der Waals surface area contributed by atoms with Gasteiger partial charge in [0, 0.05) is 30.5 Å². The molecule has 0 aromatic heterocycles. The number of benzene rings is 1. The molecule has 23 heavy (non-hydrogen) atoms. The number of anilines is 1. The lowest BCUT2D eigenvalue weighted by Gasteiger charge is -2.27. The van der Waals surface area contributed by atoms with E-state index in [1.165, 1.54) is 13.3 Å². The topological polar surface area (TPSA) is 91.7 Å². The molecule has 120 valence electrons. The van der Waals surface area contributed by atoms with Gasteiger partial charge in [-0.25, -0.2) is 4.79 Å². The number of nitrogens with zero attached hydrogens (tertiary/aromatic N) is 2. The maximum Gasteiger partial charge on any atom is 0.350 e. The monoisotopic (exact) mass is 315 g/mol. The van der Waals surface area contributed by atoms with Crippen LogP contribution in [0.3, 0.4) is 0 Å². The molecule has 0 atom stereocenters. The van der Waals surface area contributed by atoms with Crippen molar-refractivity contribution in [3.05, 3.63) is 41.6 Å². The van der Waals surface area contributed by atoms with Crippen molar-refractivity contribution in [2.45, 2.75) is 0 Å². The van der Waals surface area contributed by atoms with Gasteiger partial charge in [-0.1, -0.05) is 6.07 Å². The lowest BCUT2D eigenvalue weighted by atomic mass is 10.1. The standard InChI is InChI=1S/C16H17N3O4/c1-22-16(21)13(10-17)11-18-14-4-2-3-12(9-14)15(20)19-5-7-23-8-6-19/h2-4,9,11,18H,5-8H2,1H3/b13-11+.